The highest BCUT2D eigenvalue weighted by Gasteiger charge is 2.23. The molecule has 1 fully saturated rings. The number of hydrogen-bond donors (Lipinski definition) is 2. The van der Waals surface area contributed by atoms with Crippen molar-refractivity contribution in [3.63, 3.8) is 0 Å². The largest absolute Gasteiger partial charge is 0.399 e. The van der Waals surface area contributed by atoms with Crippen molar-refractivity contribution in [2.75, 3.05) is 18.8 Å². The maximum absolute atomic E-state index is 12.0. The van der Waals surface area contributed by atoms with Crippen LogP contribution in [-0.2, 0) is 16.8 Å². The second-order valence-electron chi connectivity index (χ2n) is 4.53. The third-order valence-electron chi connectivity index (χ3n) is 3.06. The van der Waals surface area contributed by atoms with Gasteiger partial charge in [0, 0.05) is 25.3 Å². The summed E-state index contributed by atoms with van der Waals surface area (Å²) in [6.07, 6.45) is 3.00. The van der Waals surface area contributed by atoms with Gasteiger partial charge in [-0.25, -0.2) is 0 Å². The van der Waals surface area contributed by atoms with Gasteiger partial charge in [0.2, 0.25) is 0 Å². The summed E-state index contributed by atoms with van der Waals surface area (Å²) in [5.41, 5.74) is 7.17. The minimum Gasteiger partial charge on any atom is -0.399 e. The summed E-state index contributed by atoms with van der Waals surface area (Å²) in [6, 6.07) is 7.23. The van der Waals surface area contributed by atoms with E-state index in [0.29, 0.717) is 18.8 Å². The zero-order valence-electron chi connectivity index (χ0n) is 10.3. The predicted molar refractivity (Wildman–Crippen MR) is 72.0 cm³/mol. The van der Waals surface area contributed by atoms with Gasteiger partial charge >= 0.3 is 0 Å². The molecular formula is C12H19N3O2S. The third kappa shape index (κ3) is 3.44. The average Bonchev–Trinajstić information content (AvgIpc) is 2.38. The van der Waals surface area contributed by atoms with Crippen LogP contribution in [0.1, 0.15) is 24.8 Å². The van der Waals surface area contributed by atoms with Gasteiger partial charge in [-0.05, 0) is 30.5 Å². The highest BCUT2D eigenvalue weighted by molar-refractivity contribution is 7.87. The summed E-state index contributed by atoms with van der Waals surface area (Å²) < 4.78 is 28.2. The van der Waals surface area contributed by atoms with Gasteiger partial charge in [-0.15, -0.1) is 0 Å². The van der Waals surface area contributed by atoms with Crippen LogP contribution in [0.15, 0.2) is 24.3 Å². The van der Waals surface area contributed by atoms with Gasteiger partial charge in [-0.3, -0.25) is 0 Å². The monoisotopic (exact) mass is 269 g/mol. The van der Waals surface area contributed by atoms with E-state index in [2.05, 4.69) is 4.72 Å². The smallest absolute Gasteiger partial charge is 0.279 e. The second kappa shape index (κ2) is 5.69. The first kappa shape index (κ1) is 13.3. The van der Waals surface area contributed by atoms with E-state index in [-0.39, 0.29) is 6.54 Å². The number of piperidine rings is 1. The molecule has 0 atom stereocenters. The van der Waals surface area contributed by atoms with Crippen LogP contribution in [0.5, 0.6) is 0 Å². The molecule has 0 unspecified atom stereocenters. The summed E-state index contributed by atoms with van der Waals surface area (Å²) in [7, 11) is -3.35. The van der Waals surface area contributed by atoms with E-state index in [4.69, 9.17) is 5.73 Å². The van der Waals surface area contributed by atoms with Crippen molar-refractivity contribution in [3.8, 4) is 0 Å². The molecular weight excluding hydrogens is 250 g/mol. The summed E-state index contributed by atoms with van der Waals surface area (Å²) in [5.74, 6) is 0. The third-order valence-corrected chi connectivity index (χ3v) is 4.62. The zero-order chi connectivity index (χ0) is 13.0. The Labute approximate surface area is 108 Å². The van der Waals surface area contributed by atoms with Crippen LogP contribution >= 0.6 is 0 Å². The molecule has 6 heteroatoms. The molecule has 18 heavy (non-hydrogen) atoms. The molecule has 0 radical (unpaired) electrons. The molecule has 1 aliphatic heterocycles. The number of benzene rings is 1. The van der Waals surface area contributed by atoms with Gasteiger partial charge in [0.1, 0.15) is 0 Å². The normalized spacial score (nSPS) is 17.8. The molecule has 1 aromatic carbocycles. The number of hydrogen-bond acceptors (Lipinski definition) is 3. The molecule has 2 rings (SSSR count). The van der Waals surface area contributed by atoms with Gasteiger partial charge < -0.3 is 5.73 Å². The number of rotatable bonds is 4. The fourth-order valence-electron chi connectivity index (χ4n) is 2.07. The maximum atomic E-state index is 12.0. The first-order valence-corrected chi connectivity index (χ1v) is 7.61. The number of nitrogens with one attached hydrogen (secondary N) is 1. The maximum Gasteiger partial charge on any atom is 0.279 e. The van der Waals surface area contributed by atoms with E-state index in [9.17, 15) is 8.42 Å². The Kier molecular flexibility index (Phi) is 4.21. The number of nitrogen functional groups attached to an aromatic ring is 1. The van der Waals surface area contributed by atoms with Crippen molar-refractivity contribution >= 4 is 15.9 Å². The molecule has 0 aromatic heterocycles. The van der Waals surface area contributed by atoms with Crippen LogP contribution < -0.4 is 10.5 Å². The lowest BCUT2D eigenvalue weighted by molar-refractivity contribution is 0.341. The van der Waals surface area contributed by atoms with Crippen LogP contribution in [0.4, 0.5) is 5.69 Å². The molecule has 5 nitrogen and oxygen atoms in total. The number of anilines is 1. The Hall–Kier alpha value is -1.11. The van der Waals surface area contributed by atoms with Crippen molar-refractivity contribution < 1.29 is 8.42 Å². The fourth-order valence-corrected chi connectivity index (χ4v) is 3.34. The highest BCUT2D eigenvalue weighted by atomic mass is 32.2. The second-order valence-corrected chi connectivity index (χ2v) is 6.29. The minimum absolute atomic E-state index is 0.282. The van der Waals surface area contributed by atoms with Crippen LogP contribution in [0.3, 0.4) is 0 Å². The van der Waals surface area contributed by atoms with Crippen molar-refractivity contribution in [1.29, 1.82) is 0 Å². The lowest BCUT2D eigenvalue weighted by Gasteiger charge is -2.25. The van der Waals surface area contributed by atoms with Crippen LogP contribution in [0.2, 0.25) is 0 Å². The van der Waals surface area contributed by atoms with E-state index in [1.807, 2.05) is 12.1 Å². The fraction of sp³-hybridized carbons (Fsp3) is 0.500. The Morgan fingerprint density at radius 1 is 1.22 bits per heavy atom. The summed E-state index contributed by atoms with van der Waals surface area (Å²) in [5, 5.41) is 0. The molecule has 0 amide bonds. The molecule has 0 aliphatic carbocycles. The standard InChI is InChI=1S/C12H19N3O2S/c13-12-6-4-5-11(9-12)10-14-18(16,17)15-7-2-1-3-8-15/h4-6,9,14H,1-3,7-8,10,13H2. The quantitative estimate of drug-likeness (QED) is 0.803. The van der Waals surface area contributed by atoms with Crippen molar-refractivity contribution in [2.45, 2.75) is 25.8 Å². The van der Waals surface area contributed by atoms with Crippen molar-refractivity contribution in [3.05, 3.63) is 29.8 Å². The molecule has 1 aliphatic rings. The van der Waals surface area contributed by atoms with Gasteiger partial charge in [0.25, 0.3) is 10.2 Å². The van der Waals surface area contributed by atoms with E-state index in [1.165, 1.54) is 4.31 Å². The molecule has 3 N–H and O–H groups in total. The van der Waals surface area contributed by atoms with Crippen LogP contribution in [-0.4, -0.2) is 25.8 Å². The first-order valence-electron chi connectivity index (χ1n) is 6.17. The first-order chi connectivity index (χ1) is 8.58. The zero-order valence-corrected chi connectivity index (χ0v) is 11.1. The molecule has 1 aromatic rings. The van der Waals surface area contributed by atoms with Gasteiger partial charge in [-0.2, -0.15) is 17.4 Å². The molecule has 0 bridgehead atoms. The lowest BCUT2D eigenvalue weighted by Crippen LogP contribution is -2.43. The predicted octanol–water partition coefficient (Wildman–Crippen LogP) is 1.09. The molecule has 1 saturated heterocycles. The SMILES string of the molecule is Nc1cccc(CNS(=O)(=O)N2CCCCC2)c1. The molecule has 0 spiro atoms. The summed E-state index contributed by atoms with van der Waals surface area (Å²) >= 11 is 0. The van der Waals surface area contributed by atoms with E-state index >= 15 is 0 Å². The van der Waals surface area contributed by atoms with Gasteiger partial charge in [0.15, 0.2) is 0 Å². The van der Waals surface area contributed by atoms with Crippen LogP contribution in [0.25, 0.3) is 0 Å². The summed E-state index contributed by atoms with van der Waals surface area (Å²) in [4.78, 5) is 0. The molecule has 1 heterocycles. The Morgan fingerprint density at radius 3 is 2.61 bits per heavy atom. The lowest BCUT2D eigenvalue weighted by atomic mass is 10.2. The molecule has 100 valence electrons. The molecule has 0 saturated carbocycles. The van der Waals surface area contributed by atoms with E-state index in [1.54, 1.807) is 12.1 Å². The Balaban J connectivity index is 1.96. The minimum atomic E-state index is -3.35. The topological polar surface area (TPSA) is 75.4 Å². The number of nitrogens with zero attached hydrogens (tertiary/aromatic N) is 1. The van der Waals surface area contributed by atoms with Crippen LogP contribution in [0, 0.1) is 0 Å². The Bertz CT molecular complexity index is 496. The van der Waals surface area contributed by atoms with Crippen molar-refractivity contribution in [1.82, 2.24) is 9.03 Å². The Morgan fingerprint density at radius 2 is 1.94 bits per heavy atom. The van der Waals surface area contributed by atoms with Gasteiger partial charge in [-0.1, -0.05) is 18.6 Å². The average molecular weight is 269 g/mol. The number of nitrogens with two attached hydrogens (primary N) is 1. The summed E-state index contributed by atoms with van der Waals surface area (Å²) in [6.45, 7) is 1.52. The van der Waals surface area contributed by atoms with E-state index in [0.717, 1.165) is 24.8 Å². The van der Waals surface area contributed by atoms with Gasteiger partial charge in [0.05, 0.1) is 0 Å². The van der Waals surface area contributed by atoms with Crippen molar-refractivity contribution in [2.24, 2.45) is 0 Å². The van der Waals surface area contributed by atoms with E-state index < -0.39 is 10.2 Å². The highest BCUT2D eigenvalue weighted by Crippen LogP contribution is 2.13.